The molecule has 15 nitrogen and oxygen atoms in total. The third-order valence-electron chi connectivity index (χ3n) is 14.8. The van der Waals surface area contributed by atoms with Gasteiger partial charge in [-0.15, -0.1) is 0 Å². The zero-order valence-electron chi connectivity index (χ0n) is 42.2. The van der Waals surface area contributed by atoms with Crippen molar-refractivity contribution in [3.8, 4) is 11.5 Å². The Morgan fingerprint density at radius 3 is 1.65 bits per heavy atom. The summed E-state index contributed by atoms with van der Waals surface area (Å²) in [5, 5.41) is 20.0. The molecule has 1 aliphatic heterocycles. The lowest BCUT2D eigenvalue weighted by Crippen LogP contribution is -2.43. The Morgan fingerprint density at radius 2 is 1.12 bits per heavy atom. The van der Waals surface area contributed by atoms with Gasteiger partial charge in [-0.3, -0.25) is 24.1 Å². The zero-order valence-corrected chi connectivity index (χ0v) is 42.2. The van der Waals surface area contributed by atoms with E-state index in [0.29, 0.717) is 34.2 Å². The second-order valence-electron chi connectivity index (χ2n) is 19.9. The van der Waals surface area contributed by atoms with Crippen molar-refractivity contribution >= 4 is 67.5 Å². The van der Waals surface area contributed by atoms with E-state index in [4.69, 9.17) is 20.9 Å². The molecule has 1 atom stereocenters. The van der Waals surface area contributed by atoms with Gasteiger partial charge in [-0.2, -0.15) is 0 Å². The van der Waals surface area contributed by atoms with Crippen LogP contribution in [0.1, 0.15) is 156 Å². The number of carboxylic acids is 2. The number of anilines is 2. The van der Waals surface area contributed by atoms with Crippen LogP contribution in [0.5, 0.6) is 11.5 Å². The molecule has 386 valence electrons. The molecular formula is C57H73N5O10. The number of rotatable bonds is 32. The molecule has 0 saturated heterocycles. The van der Waals surface area contributed by atoms with Crippen molar-refractivity contribution in [2.24, 2.45) is 0 Å². The number of nitrogen functional groups attached to an aromatic ring is 2. The van der Waals surface area contributed by atoms with E-state index >= 15 is 0 Å². The highest BCUT2D eigenvalue weighted by molar-refractivity contribution is 6.49. The van der Waals surface area contributed by atoms with Crippen molar-refractivity contribution < 1.29 is 38.9 Å². The molecule has 2 aromatic heterocycles. The van der Waals surface area contributed by atoms with Crippen LogP contribution < -0.4 is 31.8 Å². The first-order valence-electron chi connectivity index (χ1n) is 26.3. The number of ketones is 2. The number of carboxylic acid groups (broad SMARTS) is 2. The second-order valence-corrected chi connectivity index (χ2v) is 19.9. The van der Waals surface area contributed by atoms with Crippen LogP contribution in [-0.2, 0) is 34.0 Å². The average molecular weight is 988 g/mol. The molecule has 0 spiro atoms. The number of aryl methyl sites for hydroxylation is 2. The first-order valence-corrected chi connectivity index (χ1v) is 26.3. The SMILES string of the molecule is Cc1c(N)c2c3c(ccc2n1CCCCCCCCCCCCN(CCCCCCCCCCCCn1c(C)c(N)c2c(OCC(=O)O)c4c(=O)c(=O)c4cc21)Cc1ccccc1)C(=O)C(=O)C(C(=O)O)O3. The van der Waals surface area contributed by atoms with Crippen LogP contribution in [0.4, 0.5) is 11.4 Å². The van der Waals surface area contributed by atoms with E-state index in [-0.39, 0.29) is 27.8 Å². The number of unbranched alkanes of at least 4 members (excludes halogenated alkanes) is 18. The van der Waals surface area contributed by atoms with Gasteiger partial charge in [0.1, 0.15) is 11.5 Å². The average Bonchev–Trinajstić information content (AvgIpc) is 3.76. The van der Waals surface area contributed by atoms with Crippen LogP contribution in [-0.4, -0.2) is 73.6 Å². The van der Waals surface area contributed by atoms with Crippen molar-refractivity contribution in [3.05, 3.63) is 91.5 Å². The molecule has 0 radical (unpaired) electrons. The molecule has 72 heavy (non-hydrogen) atoms. The number of aromatic nitrogens is 2. The summed E-state index contributed by atoms with van der Waals surface area (Å²) in [6, 6.07) is 15.8. The lowest BCUT2D eigenvalue weighted by atomic mass is 9.97. The summed E-state index contributed by atoms with van der Waals surface area (Å²) in [6.07, 6.45) is 21.9. The Labute approximate surface area is 421 Å². The van der Waals surface area contributed by atoms with Gasteiger partial charge < -0.3 is 40.3 Å². The van der Waals surface area contributed by atoms with Crippen LogP contribution in [0.15, 0.2) is 58.1 Å². The molecule has 6 aromatic rings. The van der Waals surface area contributed by atoms with Gasteiger partial charge >= 0.3 is 11.9 Å². The first-order chi connectivity index (χ1) is 34.8. The number of aliphatic carboxylic acids is 2. The predicted octanol–water partition coefficient (Wildman–Crippen LogP) is 10.2. The minimum Gasteiger partial charge on any atom is -0.480 e. The van der Waals surface area contributed by atoms with Crippen LogP contribution in [0.25, 0.3) is 32.6 Å². The molecule has 3 heterocycles. The quantitative estimate of drug-likeness (QED) is 0.0175. The number of benzene rings is 3. The summed E-state index contributed by atoms with van der Waals surface area (Å²) in [6.45, 7) is 7.89. The van der Waals surface area contributed by atoms with Gasteiger partial charge in [0.25, 0.3) is 11.9 Å². The molecule has 1 aliphatic rings. The monoisotopic (exact) mass is 988 g/mol. The predicted molar refractivity (Wildman–Crippen MR) is 283 cm³/mol. The maximum absolute atomic E-state index is 12.7. The number of Topliss-reactive ketones (excluding diaryl/α,β-unsaturated/α-hetero) is 2. The van der Waals surface area contributed by atoms with Gasteiger partial charge in [0, 0.05) is 36.4 Å². The molecular weight excluding hydrogens is 915 g/mol. The summed E-state index contributed by atoms with van der Waals surface area (Å²) in [5.41, 5.74) is 17.1. The standard InChI is InChI=1S/C57H73N5O10/c1-37-48(58)46-42(29-28-40-50(65)53(68)56(57(69)70)72-54(40)46)61(37)32-24-17-13-9-5-3-7-11-15-22-30-60(35-39-26-20-19-21-27-39)31-23-16-12-8-4-6-10-14-18-25-33-62-38(2)49(59)47-43(62)34-41-45(52(67)51(41)66)55(47)71-36-44(63)64/h19-21,26-29,34,56H,3-18,22-25,30-33,35-36,58-59H2,1-2H3,(H,63,64)(H,69,70). The van der Waals surface area contributed by atoms with Crippen LogP contribution >= 0.6 is 0 Å². The van der Waals surface area contributed by atoms with Gasteiger partial charge in [0.05, 0.1) is 44.1 Å². The summed E-state index contributed by atoms with van der Waals surface area (Å²) < 4.78 is 15.3. The topological polar surface area (TPSA) is 226 Å². The van der Waals surface area contributed by atoms with E-state index in [2.05, 4.69) is 44.4 Å². The Kier molecular flexibility index (Phi) is 18.7. The largest absolute Gasteiger partial charge is 0.480 e. The van der Waals surface area contributed by atoms with Crippen LogP contribution in [0.2, 0.25) is 0 Å². The molecule has 0 saturated carbocycles. The van der Waals surface area contributed by atoms with E-state index in [9.17, 15) is 39.0 Å². The van der Waals surface area contributed by atoms with E-state index < -0.39 is 47.1 Å². The Hall–Kier alpha value is -6.48. The Morgan fingerprint density at radius 1 is 0.625 bits per heavy atom. The minimum atomic E-state index is -1.86. The van der Waals surface area contributed by atoms with Gasteiger partial charge in [-0.25, -0.2) is 9.59 Å². The fraction of sp³-hybridized carbons (Fsp3) is 0.509. The van der Waals surface area contributed by atoms with Crippen molar-refractivity contribution in [1.82, 2.24) is 14.0 Å². The van der Waals surface area contributed by atoms with Crippen LogP contribution in [0.3, 0.4) is 0 Å². The van der Waals surface area contributed by atoms with Crippen LogP contribution in [0, 0.1) is 13.8 Å². The van der Waals surface area contributed by atoms with Gasteiger partial charge in [-0.1, -0.05) is 133 Å². The fourth-order valence-electron chi connectivity index (χ4n) is 10.7. The minimum absolute atomic E-state index is 0.0542. The number of nitrogens with zero attached hydrogens (tertiary/aromatic N) is 3. The smallest absolute Gasteiger partial charge is 0.353 e. The van der Waals surface area contributed by atoms with Crippen molar-refractivity contribution in [3.63, 3.8) is 0 Å². The molecule has 1 unspecified atom stereocenters. The van der Waals surface area contributed by atoms with E-state index in [1.165, 1.54) is 102 Å². The molecule has 0 bridgehead atoms. The number of hydrogen-bond acceptors (Lipinski definition) is 11. The Balaban J connectivity index is 0.725. The van der Waals surface area contributed by atoms with Gasteiger partial charge in [0.2, 0.25) is 16.6 Å². The lowest BCUT2D eigenvalue weighted by Gasteiger charge is -2.22. The highest BCUT2D eigenvalue weighted by atomic mass is 16.5. The third-order valence-corrected chi connectivity index (χ3v) is 14.8. The number of fused-ring (bicyclic) bond motifs is 5. The first kappa shape index (κ1) is 53.3. The highest BCUT2D eigenvalue weighted by Crippen LogP contribution is 2.42. The number of hydrogen-bond donors (Lipinski definition) is 4. The second kappa shape index (κ2) is 25.3. The van der Waals surface area contributed by atoms with Crippen molar-refractivity contribution in [1.29, 1.82) is 0 Å². The third kappa shape index (κ3) is 12.4. The number of ether oxygens (including phenoxy) is 2. The molecule has 7 rings (SSSR count). The lowest BCUT2D eigenvalue weighted by molar-refractivity contribution is -0.149. The zero-order chi connectivity index (χ0) is 51.3. The molecule has 15 heteroatoms. The Bertz CT molecular complexity index is 2940. The molecule has 6 N–H and O–H groups in total. The molecule has 0 aliphatic carbocycles. The van der Waals surface area contributed by atoms with E-state index in [1.54, 1.807) is 12.1 Å². The van der Waals surface area contributed by atoms with Crippen molar-refractivity contribution in [2.75, 3.05) is 31.2 Å². The highest BCUT2D eigenvalue weighted by Gasteiger charge is 2.42. The number of carbonyl (C=O) groups excluding carboxylic acids is 2. The number of carbonyl (C=O) groups is 4. The van der Waals surface area contributed by atoms with Gasteiger partial charge in [-0.05, 0) is 76.4 Å². The molecule has 0 fully saturated rings. The summed E-state index contributed by atoms with van der Waals surface area (Å²) in [5.74, 6) is -4.44. The summed E-state index contributed by atoms with van der Waals surface area (Å²) in [7, 11) is 0. The number of nitrogens with two attached hydrogens (primary N) is 2. The summed E-state index contributed by atoms with van der Waals surface area (Å²) in [4.78, 5) is 75.1. The van der Waals surface area contributed by atoms with E-state index in [1.807, 2.05) is 13.8 Å². The van der Waals surface area contributed by atoms with Crippen molar-refractivity contribution in [2.45, 2.75) is 168 Å². The maximum atomic E-state index is 12.7. The fourth-order valence-corrected chi connectivity index (χ4v) is 10.7. The van der Waals surface area contributed by atoms with E-state index in [0.717, 1.165) is 81.6 Å². The molecule has 4 aromatic carbocycles. The van der Waals surface area contributed by atoms with Gasteiger partial charge in [0.15, 0.2) is 6.61 Å². The maximum Gasteiger partial charge on any atom is 0.353 e. The molecule has 0 amide bonds. The normalized spacial score (nSPS) is 13.8. The summed E-state index contributed by atoms with van der Waals surface area (Å²) >= 11 is 0.